The highest BCUT2D eigenvalue weighted by atomic mass is 19.1. The Morgan fingerprint density at radius 3 is 2.46 bits per heavy atom. The molecule has 4 heterocycles. The van der Waals surface area contributed by atoms with E-state index >= 15 is 0 Å². The minimum absolute atomic E-state index is 0.298. The summed E-state index contributed by atoms with van der Waals surface area (Å²) in [7, 11) is 2.17. The summed E-state index contributed by atoms with van der Waals surface area (Å²) in [5.74, 6) is 0.764. The third kappa shape index (κ3) is 4.69. The first-order valence-electron chi connectivity index (χ1n) is 12.4. The summed E-state index contributed by atoms with van der Waals surface area (Å²) in [6, 6.07) is 22.5. The van der Waals surface area contributed by atoms with Crippen LogP contribution in [0.25, 0.3) is 39.5 Å². The summed E-state index contributed by atoms with van der Waals surface area (Å²) in [5.41, 5.74) is 11.9. The fraction of sp³-hybridized carbons (Fsp3) is 0.207. The predicted octanol–water partition coefficient (Wildman–Crippen LogP) is 4.62. The highest BCUT2D eigenvalue weighted by Crippen LogP contribution is 2.32. The van der Waals surface area contributed by atoms with Crippen molar-refractivity contribution < 1.29 is 4.39 Å². The van der Waals surface area contributed by atoms with Gasteiger partial charge in [0.05, 0.1) is 11.3 Å². The molecule has 1 aliphatic heterocycles. The summed E-state index contributed by atoms with van der Waals surface area (Å²) < 4.78 is 15.9. The predicted molar refractivity (Wildman–Crippen MR) is 145 cm³/mol. The number of nitrogens with two attached hydrogens (primary N) is 1. The van der Waals surface area contributed by atoms with Crippen molar-refractivity contribution in [2.24, 2.45) is 0 Å². The van der Waals surface area contributed by atoms with Crippen molar-refractivity contribution in [3.63, 3.8) is 0 Å². The Morgan fingerprint density at radius 1 is 0.892 bits per heavy atom. The quantitative estimate of drug-likeness (QED) is 0.385. The van der Waals surface area contributed by atoms with Crippen LogP contribution in [0.2, 0.25) is 0 Å². The molecule has 2 N–H and O–H groups in total. The number of pyridine rings is 2. The number of likely N-dealkylation sites (N-methyl/N-ethyl adjacent to an activating group) is 1. The number of nitrogens with zero attached hydrogens (tertiary/aromatic N) is 6. The molecule has 7 nitrogen and oxygen atoms in total. The van der Waals surface area contributed by atoms with Crippen molar-refractivity contribution in [3.05, 3.63) is 90.4 Å². The molecule has 3 aromatic heterocycles. The maximum Gasteiger partial charge on any atom is 0.165 e. The van der Waals surface area contributed by atoms with Crippen LogP contribution in [-0.2, 0) is 6.54 Å². The number of nitrogen functional groups attached to an aromatic ring is 1. The van der Waals surface area contributed by atoms with E-state index in [1.165, 1.54) is 17.7 Å². The third-order valence-electron chi connectivity index (χ3n) is 6.90. The second kappa shape index (κ2) is 9.72. The summed E-state index contributed by atoms with van der Waals surface area (Å²) in [6.45, 7) is 5.25. The van der Waals surface area contributed by atoms with Gasteiger partial charge in [0.15, 0.2) is 11.5 Å². The van der Waals surface area contributed by atoms with Crippen LogP contribution < -0.4 is 5.73 Å². The number of benzene rings is 2. The molecule has 0 amide bonds. The van der Waals surface area contributed by atoms with Crippen LogP contribution in [0.1, 0.15) is 5.56 Å². The Balaban J connectivity index is 1.44. The van der Waals surface area contributed by atoms with Gasteiger partial charge in [0.25, 0.3) is 0 Å². The standard InChI is InChI=1S/C29H28FN7/c1-35-14-16-36(17-15-35)19-20-7-9-23(10-8-20)37-28(24-6-3-13-32-27(24)31)34-26-12-11-25(33-29(26)37)21-4-2-5-22(30)18-21/h2-13,18H,14-17,19H2,1H3,(H2,31,32). The number of hydrogen-bond donors (Lipinski definition) is 1. The first-order valence-corrected chi connectivity index (χ1v) is 12.4. The zero-order chi connectivity index (χ0) is 25.4. The van der Waals surface area contributed by atoms with Crippen molar-refractivity contribution in [2.45, 2.75) is 6.54 Å². The van der Waals surface area contributed by atoms with Crippen molar-refractivity contribution >= 4 is 17.0 Å². The van der Waals surface area contributed by atoms with E-state index < -0.39 is 0 Å². The molecular formula is C29H28FN7. The van der Waals surface area contributed by atoms with E-state index in [0.717, 1.165) is 49.5 Å². The molecule has 0 aliphatic carbocycles. The molecule has 0 saturated carbocycles. The van der Waals surface area contributed by atoms with E-state index in [-0.39, 0.29) is 5.82 Å². The summed E-state index contributed by atoms with van der Waals surface area (Å²) in [5, 5.41) is 0. The second-order valence-corrected chi connectivity index (χ2v) is 9.50. The molecule has 5 aromatic rings. The fourth-order valence-electron chi connectivity index (χ4n) is 4.81. The van der Waals surface area contributed by atoms with Crippen LogP contribution in [-0.4, -0.2) is 62.5 Å². The second-order valence-electron chi connectivity index (χ2n) is 9.50. The smallest absolute Gasteiger partial charge is 0.165 e. The highest BCUT2D eigenvalue weighted by Gasteiger charge is 2.19. The normalized spacial score (nSPS) is 14.9. The van der Waals surface area contributed by atoms with E-state index in [0.29, 0.717) is 28.5 Å². The number of anilines is 1. The maximum absolute atomic E-state index is 13.9. The fourth-order valence-corrected chi connectivity index (χ4v) is 4.81. The molecule has 0 spiro atoms. The van der Waals surface area contributed by atoms with Crippen molar-refractivity contribution in [3.8, 4) is 28.3 Å². The Bertz CT molecular complexity index is 1550. The van der Waals surface area contributed by atoms with Gasteiger partial charge in [-0.25, -0.2) is 19.3 Å². The number of aromatic nitrogens is 4. The highest BCUT2D eigenvalue weighted by molar-refractivity contribution is 5.84. The van der Waals surface area contributed by atoms with Crippen LogP contribution in [0.4, 0.5) is 10.2 Å². The van der Waals surface area contributed by atoms with Crippen molar-refractivity contribution in [1.29, 1.82) is 0 Å². The van der Waals surface area contributed by atoms with Crippen molar-refractivity contribution in [1.82, 2.24) is 29.3 Å². The zero-order valence-corrected chi connectivity index (χ0v) is 20.7. The average molecular weight is 494 g/mol. The van der Waals surface area contributed by atoms with Gasteiger partial charge >= 0.3 is 0 Å². The molecule has 0 unspecified atom stereocenters. The van der Waals surface area contributed by atoms with E-state index in [1.54, 1.807) is 12.3 Å². The molecule has 0 atom stereocenters. The number of rotatable bonds is 5. The molecule has 1 aliphatic rings. The van der Waals surface area contributed by atoms with Crippen LogP contribution in [0.15, 0.2) is 79.0 Å². The molecule has 37 heavy (non-hydrogen) atoms. The zero-order valence-electron chi connectivity index (χ0n) is 20.7. The minimum Gasteiger partial charge on any atom is -0.383 e. The largest absolute Gasteiger partial charge is 0.383 e. The molecular weight excluding hydrogens is 465 g/mol. The van der Waals surface area contributed by atoms with Gasteiger partial charge in [-0.1, -0.05) is 24.3 Å². The van der Waals surface area contributed by atoms with Crippen LogP contribution in [0.5, 0.6) is 0 Å². The average Bonchev–Trinajstić information content (AvgIpc) is 3.29. The van der Waals surface area contributed by atoms with Crippen LogP contribution >= 0.6 is 0 Å². The van der Waals surface area contributed by atoms with Crippen LogP contribution in [0, 0.1) is 5.82 Å². The van der Waals surface area contributed by atoms with E-state index in [9.17, 15) is 4.39 Å². The number of hydrogen-bond acceptors (Lipinski definition) is 6. The van der Waals surface area contributed by atoms with Gasteiger partial charge in [0.2, 0.25) is 0 Å². The van der Waals surface area contributed by atoms with Gasteiger partial charge in [-0.3, -0.25) is 9.47 Å². The lowest BCUT2D eigenvalue weighted by Crippen LogP contribution is -2.43. The molecule has 1 fully saturated rings. The monoisotopic (exact) mass is 493 g/mol. The van der Waals surface area contributed by atoms with Gasteiger partial charge in [-0.05, 0) is 61.1 Å². The molecule has 186 valence electrons. The third-order valence-corrected chi connectivity index (χ3v) is 6.90. The number of imidazole rings is 1. The van der Waals surface area contributed by atoms with Gasteiger partial charge in [0, 0.05) is 50.2 Å². The first kappa shape index (κ1) is 23.3. The van der Waals surface area contributed by atoms with Gasteiger partial charge < -0.3 is 10.6 Å². The molecule has 6 rings (SSSR count). The SMILES string of the molecule is CN1CCN(Cc2ccc(-n3c(-c4cccnc4N)nc4ccc(-c5cccc(F)c5)nc43)cc2)CC1. The number of halogens is 1. The van der Waals surface area contributed by atoms with E-state index in [4.69, 9.17) is 15.7 Å². The summed E-state index contributed by atoms with van der Waals surface area (Å²) in [6.07, 6.45) is 1.67. The lowest BCUT2D eigenvalue weighted by Gasteiger charge is -2.32. The van der Waals surface area contributed by atoms with Crippen LogP contribution in [0.3, 0.4) is 0 Å². The molecule has 0 radical (unpaired) electrons. The minimum atomic E-state index is -0.298. The van der Waals surface area contributed by atoms with Gasteiger partial charge in [-0.2, -0.15) is 0 Å². The Labute approximate surface area is 215 Å². The molecule has 8 heteroatoms. The number of fused-ring (bicyclic) bond motifs is 1. The van der Waals surface area contributed by atoms with Gasteiger partial charge in [0.1, 0.15) is 17.2 Å². The molecule has 2 aromatic carbocycles. The lowest BCUT2D eigenvalue weighted by atomic mass is 10.1. The van der Waals surface area contributed by atoms with Gasteiger partial charge in [-0.15, -0.1) is 0 Å². The molecule has 0 bridgehead atoms. The Hall–Kier alpha value is -4.14. The Kier molecular flexibility index (Phi) is 6.12. The van der Waals surface area contributed by atoms with Crippen molar-refractivity contribution in [2.75, 3.05) is 39.0 Å². The maximum atomic E-state index is 13.9. The lowest BCUT2D eigenvalue weighted by molar-refractivity contribution is 0.148. The van der Waals surface area contributed by atoms with E-state index in [1.807, 2.05) is 34.9 Å². The Morgan fingerprint density at radius 2 is 1.70 bits per heavy atom. The number of piperazine rings is 1. The first-order chi connectivity index (χ1) is 18.0. The van der Waals surface area contributed by atoms with E-state index in [2.05, 4.69) is 46.1 Å². The molecule has 1 saturated heterocycles. The summed E-state index contributed by atoms with van der Waals surface area (Å²) in [4.78, 5) is 18.9. The topological polar surface area (TPSA) is 76.1 Å². The summed E-state index contributed by atoms with van der Waals surface area (Å²) >= 11 is 0.